The highest BCUT2D eigenvalue weighted by Gasteiger charge is 2.38. The first-order valence-corrected chi connectivity index (χ1v) is 5.39. The summed E-state index contributed by atoms with van der Waals surface area (Å²) in [4.78, 5) is 0.601. The molecule has 4 heteroatoms. The Bertz CT molecular complexity index is 167. The van der Waals surface area contributed by atoms with Gasteiger partial charge in [-0.1, -0.05) is 15.9 Å². The third-order valence-electron chi connectivity index (χ3n) is 2.82. The fourth-order valence-corrected chi connectivity index (χ4v) is 3.02. The van der Waals surface area contributed by atoms with Gasteiger partial charge in [-0.25, -0.2) is 0 Å². The van der Waals surface area contributed by atoms with E-state index in [2.05, 4.69) is 26.6 Å². The Hall–Kier alpha value is 0.360. The van der Waals surface area contributed by atoms with Crippen molar-refractivity contribution in [1.82, 2.24) is 10.6 Å². The molecule has 70 valence electrons. The molecule has 4 unspecified atom stereocenters. The van der Waals surface area contributed by atoms with E-state index in [1.54, 1.807) is 7.11 Å². The number of ether oxygens (including phenoxy) is 1. The zero-order valence-corrected chi connectivity index (χ0v) is 8.80. The molecule has 2 aliphatic heterocycles. The molecule has 2 aliphatic rings. The maximum absolute atomic E-state index is 5.29. The van der Waals surface area contributed by atoms with Crippen LogP contribution in [0.15, 0.2) is 0 Å². The first kappa shape index (κ1) is 8.94. The van der Waals surface area contributed by atoms with Crippen LogP contribution in [0.3, 0.4) is 0 Å². The normalized spacial score (nSPS) is 47.5. The van der Waals surface area contributed by atoms with Crippen LogP contribution >= 0.6 is 15.9 Å². The van der Waals surface area contributed by atoms with Crippen molar-refractivity contribution >= 4 is 15.9 Å². The van der Waals surface area contributed by atoms with E-state index in [0.29, 0.717) is 11.0 Å². The number of rotatable bonds is 1. The van der Waals surface area contributed by atoms with Crippen LogP contribution in [-0.4, -0.2) is 30.9 Å². The van der Waals surface area contributed by atoms with E-state index in [0.717, 1.165) is 18.9 Å². The van der Waals surface area contributed by atoms with Crippen LogP contribution in [0.1, 0.15) is 12.8 Å². The van der Waals surface area contributed by atoms with E-state index in [9.17, 15) is 0 Å². The van der Waals surface area contributed by atoms with Gasteiger partial charge in [-0.15, -0.1) is 0 Å². The molecule has 0 amide bonds. The lowest BCUT2D eigenvalue weighted by molar-refractivity contribution is 0.0248. The smallest absolute Gasteiger partial charge is 0.110 e. The lowest BCUT2D eigenvalue weighted by atomic mass is 9.95. The molecule has 0 aliphatic carbocycles. The van der Waals surface area contributed by atoms with Gasteiger partial charge in [0, 0.05) is 17.9 Å². The first-order chi connectivity index (χ1) is 5.81. The average molecular weight is 235 g/mol. The maximum atomic E-state index is 5.29. The second-order valence-electron chi connectivity index (χ2n) is 3.53. The molecular formula is C8H15BrN2O. The van der Waals surface area contributed by atoms with Crippen LogP contribution in [0.5, 0.6) is 0 Å². The summed E-state index contributed by atoms with van der Waals surface area (Å²) in [6, 6.07) is 0. The van der Waals surface area contributed by atoms with Crippen molar-refractivity contribution in [3.63, 3.8) is 0 Å². The summed E-state index contributed by atoms with van der Waals surface area (Å²) in [6.07, 6.45) is 3.00. The predicted molar refractivity (Wildman–Crippen MR) is 51.2 cm³/mol. The molecule has 0 radical (unpaired) electrons. The third kappa shape index (κ3) is 1.53. The first-order valence-electron chi connectivity index (χ1n) is 4.47. The molecule has 0 aromatic heterocycles. The number of fused-ring (bicyclic) bond motifs is 1. The summed E-state index contributed by atoms with van der Waals surface area (Å²) in [5, 5.41) is 6.86. The van der Waals surface area contributed by atoms with Crippen molar-refractivity contribution < 1.29 is 4.74 Å². The molecule has 0 spiro atoms. The lowest BCUT2D eigenvalue weighted by Crippen LogP contribution is -2.55. The van der Waals surface area contributed by atoms with Crippen LogP contribution in [0.4, 0.5) is 0 Å². The minimum Gasteiger partial charge on any atom is -0.367 e. The van der Waals surface area contributed by atoms with E-state index in [-0.39, 0.29) is 6.23 Å². The van der Waals surface area contributed by atoms with Gasteiger partial charge in [0.05, 0.1) is 6.17 Å². The maximum Gasteiger partial charge on any atom is 0.110 e. The number of methoxy groups -OCH3 is 1. The minimum atomic E-state index is 0.209. The number of hydrogen-bond donors (Lipinski definition) is 2. The largest absolute Gasteiger partial charge is 0.367 e. The standard InChI is InChI=1S/C8H15BrN2O/c1-12-7-4-6(9)5-2-3-10-8(5)11-7/h5-8,10-11H,2-4H2,1H3. The fourth-order valence-electron chi connectivity index (χ4n) is 2.11. The molecule has 3 nitrogen and oxygen atoms in total. The molecule has 0 aromatic rings. The van der Waals surface area contributed by atoms with E-state index in [1.165, 1.54) is 6.42 Å². The highest BCUT2D eigenvalue weighted by Crippen LogP contribution is 2.31. The van der Waals surface area contributed by atoms with Gasteiger partial charge in [0.15, 0.2) is 0 Å². The summed E-state index contributed by atoms with van der Waals surface area (Å²) in [5.41, 5.74) is 0. The molecule has 2 fully saturated rings. The van der Waals surface area contributed by atoms with Gasteiger partial charge < -0.3 is 10.1 Å². The van der Waals surface area contributed by atoms with Crippen molar-refractivity contribution in [2.75, 3.05) is 13.7 Å². The van der Waals surface area contributed by atoms with Crippen molar-refractivity contribution in [3.8, 4) is 0 Å². The molecule has 0 bridgehead atoms. The second kappa shape index (κ2) is 3.62. The Morgan fingerprint density at radius 1 is 1.50 bits per heavy atom. The highest BCUT2D eigenvalue weighted by molar-refractivity contribution is 9.09. The van der Waals surface area contributed by atoms with Crippen LogP contribution in [0.2, 0.25) is 0 Å². The quantitative estimate of drug-likeness (QED) is 0.655. The summed E-state index contributed by atoms with van der Waals surface area (Å²) in [5.74, 6) is 0.733. The molecule has 2 rings (SSSR count). The van der Waals surface area contributed by atoms with Crippen LogP contribution in [-0.2, 0) is 4.74 Å². The lowest BCUT2D eigenvalue weighted by Gasteiger charge is -2.36. The third-order valence-corrected chi connectivity index (χ3v) is 3.88. The molecule has 0 saturated carbocycles. The van der Waals surface area contributed by atoms with E-state index >= 15 is 0 Å². The molecule has 2 N–H and O–H groups in total. The SMILES string of the molecule is COC1CC(Br)C2CCNC2N1. The highest BCUT2D eigenvalue weighted by atomic mass is 79.9. The average Bonchev–Trinajstić information content (AvgIpc) is 2.52. The van der Waals surface area contributed by atoms with Crippen molar-refractivity contribution in [2.24, 2.45) is 5.92 Å². The van der Waals surface area contributed by atoms with Gasteiger partial charge in [-0.05, 0) is 19.4 Å². The summed E-state index contributed by atoms with van der Waals surface area (Å²) < 4.78 is 5.29. The summed E-state index contributed by atoms with van der Waals surface area (Å²) in [6.45, 7) is 1.13. The molecule has 0 aromatic carbocycles. The zero-order valence-electron chi connectivity index (χ0n) is 7.22. The van der Waals surface area contributed by atoms with Crippen LogP contribution < -0.4 is 10.6 Å². The Morgan fingerprint density at radius 2 is 2.33 bits per heavy atom. The van der Waals surface area contributed by atoms with Gasteiger partial charge >= 0.3 is 0 Å². The molecule has 2 heterocycles. The van der Waals surface area contributed by atoms with Gasteiger partial charge in [-0.3, -0.25) is 5.32 Å². The van der Waals surface area contributed by atoms with Crippen molar-refractivity contribution in [3.05, 3.63) is 0 Å². The summed E-state index contributed by atoms with van der Waals surface area (Å²) >= 11 is 3.72. The molecule has 12 heavy (non-hydrogen) atoms. The molecule has 2 saturated heterocycles. The van der Waals surface area contributed by atoms with Crippen molar-refractivity contribution in [1.29, 1.82) is 0 Å². The molecular weight excluding hydrogens is 220 g/mol. The Morgan fingerprint density at radius 3 is 3.08 bits per heavy atom. The van der Waals surface area contributed by atoms with Crippen LogP contribution in [0, 0.1) is 5.92 Å². The van der Waals surface area contributed by atoms with Crippen molar-refractivity contribution in [2.45, 2.75) is 30.1 Å². The van der Waals surface area contributed by atoms with Crippen LogP contribution in [0.25, 0.3) is 0 Å². The number of nitrogens with one attached hydrogen (secondary N) is 2. The van der Waals surface area contributed by atoms with Gasteiger partial charge in [0.25, 0.3) is 0 Å². The number of hydrogen-bond acceptors (Lipinski definition) is 3. The fraction of sp³-hybridized carbons (Fsp3) is 1.00. The van der Waals surface area contributed by atoms with E-state index < -0.39 is 0 Å². The topological polar surface area (TPSA) is 33.3 Å². The van der Waals surface area contributed by atoms with Gasteiger partial charge in [0.1, 0.15) is 6.23 Å². The number of halogens is 1. The van der Waals surface area contributed by atoms with Gasteiger partial charge in [0.2, 0.25) is 0 Å². The van der Waals surface area contributed by atoms with E-state index in [4.69, 9.17) is 4.74 Å². The second-order valence-corrected chi connectivity index (χ2v) is 4.70. The van der Waals surface area contributed by atoms with Gasteiger partial charge in [-0.2, -0.15) is 0 Å². The summed E-state index contributed by atoms with van der Waals surface area (Å²) in [7, 11) is 1.76. The zero-order chi connectivity index (χ0) is 8.55. The van der Waals surface area contributed by atoms with E-state index in [1.807, 2.05) is 0 Å². The Kier molecular flexibility index (Phi) is 2.69. The minimum absolute atomic E-state index is 0.209. The number of alkyl halides is 1. The number of piperidine rings is 1. The molecule has 4 atom stereocenters. The monoisotopic (exact) mass is 234 g/mol. The predicted octanol–water partition coefficient (Wildman–Crippen LogP) is 0.651. The Labute approximate surface area is 81.4 Å². The Balaban J connectivity index is 2.00.